The van der Waals surface area contributed by atoms with Gasteiger partial charge in [0.05, 0.1) is 17.7 Å². The highest BCUT2D eigenvalue weighted by atomic mass is 79.9. The largest absolute Gasteiger partial charge is 0.478 e. The molecule has 0 radical (unpaired) electrons. The molecule has 0 unspecified atom stereocenters. The van der Waals surface area contributed by atoms with Crippen molar-refractivity contribution < 1.29 is 23.7 Å². The second-order valence-electron chi connectivity index (χ2n) is 8.11. The zero-order valence-electron chi connectivity index (χ0n) is 17.6. The maximum absolute atomic E-state index is 13.2. The summed E-state index contributed by atoms with van der Waals surface area (Å²) in [6.45, 7) is 2.73. The van der Waals surface area contributed by atoms with Crippen LogP contribution in [-0.2, 0) is 24.3 Å². The van der Waals surface area contributed by atoms with Gasteiger partial charge in [0.25, 0.3) is 0 Å². The summed E-state index contributed by atoms with van der Waals surface area (Å²) in [5.41, 5.74) is 3.19. The van der Waals surface area contributed by atoms with Gasteiger partial charge >= 0.3 is 0 Å². The Morgan fingerprint density at radius 1 is 1.15 bits per heavy atom. The minimum atomic E-state index is -0.135. The van der Waals surface area contributed by atoms with Crippen LogP contribution in [0.1, 0.15) is 31.9 Å². The Kier molecular flexibility index (Phi) is 5.46. The van der Waals surface area contributed by atoms with Crippen molar-refractivity contribution in [3.63, 3.8) is 0 Å². The van der Waals surface area contributed by atoms with Gasteiger partial charge in [0, 0.05) is 33.6 Å². The Bertz CT molecular complexity index is 1270. The number of allylic oxidation sites excluding steroid dienone is 1. The lowest BCUT2D eigenvalue weighted by Gasteiger charge is -2.29. The molecule has 1 aromatic heterocycles. The summed E-state index contributed by atoms with van der Waals surface area (Å²) in [5.74, 6) is 2.23. The first-order valence-corrected chi connectivity index (χ1v) is 12.3. The molecule has 3 aromatic rings. The minimum Gasteiger partial charge on any atom is -0.478 e. The van der Waals surface area contributed by atoms with E-state index in [4.69, 9.17) is 18.9 Å². The number of ether oxygens (including phenoxy) is 4. The Morgan fingerprint density at radius 2 is 2.09 bits per heavy atom. The van der Waals surface area contributed by atoms with Crippen LogP contribution in [0.2, 0.25) is 0 Å². The van der Waals surface area contributed by atoms with Crippen LogP contribution in [0, 0.1) is 0 Å². The van der Waals surface area contributed by atoms with Gasteiger partial charge in [-0.25, -0.2) is 0 Å². The fourth-order valence-electron chi connectivity index (χ4n) is 4.33. The number of nitrogens with zero attached hydrogens (tertiary/aromatic N) is 1. The van der Waals surface area contributed by atoms with Gasteiger partial charge in [-0.1, -0.05) is 22.0 Å². The van der Waals surface area contributed by atoms with Crippen molar-refractivity contribution in [2.75, 3.05) is 20.1 Å². The van der Waals surface area contributed by atoms with E-state index in [1.54, 1.807) is 23.5 Å². The number of benzene rings is 2. The summed E-state index contributed by atoms with van der Waals surface area (Å²) in [6.07, 6.45) is 2.72. The van der Waals surface area contributed by atoms with Gasteiger partial charge < -0.3 is 18.9 Å². The first kappa shape index (κ1) is 20.9. The zero-order chi connectivity index (χ0) is 22.4. The number of hydrogen-bond donors (Lipinski definition) is 0. The molecule has 3 aliphatic rings. The fourth-order valence-corrected chi connectivity index (χ4v) is 5.55. The number of halogens is 1. The van der Waals surface area contributed by atoms with Crippen LogP contribution in [0.5, 0.6) is 17.2 Å². The first-order valence-electron chi connectivity index (χ1n) is 10.7. The summed E-state index contributed by atoms with van der Waals surface area (Å²) in [6, 6.07) is 11.8. The standard InChI is InChI=1S/C25H20BrNO5S/c26-17-8-15(24-16(9-17)12-29-14-31-24)10-22-23(28)19-3-4-21-20(25(19)32-22)11-27(13-30-21)6-5-18-2-1-7-33-18/h1-4,7-10H,5-6,11-14H2/b22-10-. The van der Waals surface area contributed by atoms with Crippen molar-refractivity contribution in [2.24, 2.45) is 0 Å². The summed E-state index contributed by atoms with van der Waals surface area (Å²) >= 11 is 5.30. The van der Waals surface area contributed by atoms with Crippen molar-refractivity contribution >= 4 is 39.1 Å². The van der Waals surface area contributed by atoms with Crippen LogP contribution in [0.15, 0.2) is 52.0 Å². The van der Waals surface area contributed by atoms with Crippen LogP contribution >= 0.6 is 27.3 Å². The van der Waals surface area contributed by atoms with E-state index in [1.807, 2.05) is 18.2 Å². The van der Waals surface area contributed by atoms with E-state index in [0.717, 1.165) is 45.6 Å². The molecule has 2 aromatic carbocycles. The average molecular weight is 526 g/mol. The van der Waals surface area contributed by atoms with Gasteiger partial charge in [-0.15, -0.1) is 11.3 Å². The molecule has 168 valence electrons. The van der Waals surface area contributed by atoms with Gasteiger partial charge in [-0.3, -0.25) is 9.69 Å². The van der Waals surface area contributed by atoms with E-state index in [-0.39, 0.29) is 18.3 Å². The molecule has 0 aliphatic carbocycles. The molecule has 6 nitrogen and oxygen atoms in total. The van der Waals surface area contributed by atoms with Gasteiger partial charge in [0.15, 0.2) is 12.6 Å². The molecule has 0 atom stereocenters. The highest BCUT2D eigenvalue weighted by molar-refractivity contribution is 9.10. The normalized spacial score (nSPS) is 18.2. The number of ketones is 1. The van der Waals surface area contributed by atoms with Gasteiger partial charge in [-0.2, -0.15) is 0 Å². The maximum Gasteiger partial charge on any atom is 0.231 e. The number of carbonyl (C=O) groups is 1. The van der Waals surface area contributed by atoms with Crippen molar-refractivity contribution in [3.05, 3.63) is 79.1 Å². The highest BCUT2D eigenvalue weighted by Crippen LogP contribution is 2.43. The highest BCUT2D eigenvalue weighted by Gasteiger charge is 2.34. The molecule has 3 aliphatic heterocycles. The Morgan fingerprint density at radius 3 is 2.97 bits per heavy atom. The van der Waals surface area contributed by atoms with Crippen molar-refractivity contribution in [3.8, 4) is 17.2 Å². The van der Waals surface area contributed by atoms with Gasteiger partial charge in [-0.05, 0) is 48.2 Å². The summed E-state index contributed by atoms with van der Waals surface area (Å²) < 4.78 is 24.1. The van der Waals surface area contributed by atoms with Crippen LogP contribution in [0.25, 0.3) is 6.08 Å². The van der Waals surface area contributed by atoms with Crippen LogP contribution in [0.3, 0.4) is 0 Å². The molecule has 0 spiro atoms. The monoisotopic (exact) mass is 525 g/mol. The number of fused-ring (bicyclic) bond motifs is 4. The van der Waals surface area contributed by atoms with Gasteiger partial charge in [0.1, 0.15) is 24.0 Å². The molecule has 0 amide bonds. The maximum atomic E-state index is 13.2. The number of Topliss-reactive ketones (excluding diaryl/α,β-unsaturated/α-hetero) is 1. The third-order valence-electron chi connectivity index (χ3n) is 5.93. The molecule has 6 rings (SSSR count). The number of carbonyl (C=O) groups excluding carboxylic acids is 1. The average Bonchev–Trinajstić information content (AvgIpc) is 3.46. The fraction of sp³-hybridized carbons (Fsp3) is 0.240. The Labute approximate surface area is 203 Å². The van der Waals surface area contributed by atoms with Crippen molar-refractivity contribution in [1.29, 1.82) is 0 Å². The van der Waals surface area contributed by atoms with E-state index >= 15 is 0 Å². The SMILES string of the molecule is O=C1/C(=C/c2cc(Br)cc3c2OCOC3)Oc2c1ccc1c2CN(CCc2cccs2)CO1. The lowest BCUT2D eigenvalue weighted by Crippen LogP contribution is -2.33. The number of thiophene rings is 1. The lowest BCUT2D eigenvalue weighted by molar-refractivity contribution is -0.0165. The number of rotatable bonds is 4. The van der Waals surface area contributed by atoms with E-state index < -0.39 is 0 Å². The quantitative estimate of drug-likeness (QED) is 0.425. The molecule has 33 heavy (non-hydrogen) atoms. The molecule has 0 saturated carbocycles. The summed E-state index contributed by atoms with van der Waals surface area (Å²) in [4.78, 5) is 16.8. The third-order valence-corrected chi connectivity index (χ3v) is 7.32. The van der Waals surface area contributed by atoms with Crippen LogP contribution in [0.4, 0.5) is 0 Å². The molecule has 0 fully saturated rings. The van der Waals surface area contributed by atoms with E-state index in [1.165, 1.54) is 4.88 Å². The molecule has 8 heteroatoms. The summed E-state index contributed by atoms with van der Waals surface area (Å²) in [7, 11) is 0. The Balaban J connectivity index is 1.29. The second-order valence-corrected chi connectivity index (χ2v) is 10.1. The minimum absolute atomic E-state index is 0.135. The predicted molar refractivity (Wildman–Crippen MR) is 128 cm³/mol. The zero-order valence-corrected chi connectivity index (χ0v) is 20.0. The van der Waals surface area contributed by atoms with Crippen LogP contribution in [-0.4, -0.2) is 30.8 Å². The van der Waals surface area contributed by atoms with E-state index in [0.29, 0.717) is 31.2 Å². The van der Waals surface area contributed by atoms with E-state index in [9.17, 15) is 4.79 Å². The lowest BCUT2D eigenvalue weighted by atomic mass is 10.0. The third kappa shape index (κ3) is 3.97. The first-order chi connectivity index (χ1) is 16.2. The molecule has 0 bridgehead atoms. The molecular weight excluding hydrogens is 506 g/mol. The summed E-state index contributed by atoms with van der Waals surface area (Å²) in [5, 5.41) is 2.10. The molecule has 0 N–H and O–H groups in total. The molecule has 0 saturated heterocycles. The van der Waals surface area contributed by atoms with Crippen molar-refractivity contribution in [2.45, 2.75) is 19.6 Å². The van der Waals surface area contributed by atoms with E-state index in [2.05, 4.69) is 38.3 Å². The van der Waals surface area contributed by atoms with Gasteiger partial charge in [0.2, 0.25) is 5.78 Å². The second kappa shape index (κ2) is 8.61. The molecule has 4 heterocycles. The van der Waals surface area contributed by atoms with Crippen LogP contribution < -0.4 is 14.2 Å². The predicted octanol–water partition coefficient (Wildman–Crippen LogP) is 5.39. The molecular formula is C25H20BrNO5S. The van der Waals surface area contributed by atoms with Crippen molar-refractivity contribution in [1.82, 2.24) is 4.90 Å². The Hall–Kier alpha value is -2.65. The topological polar surface area (TPSA) is 57.2 Å². The smallest absolute Gasteiger partial charge is 0.231 e. The number of hydrogen-bond acceptors (Lipinski definition) is 7.